The Bertz CT molecular complexity index is 905. The van der Waals surface area contributed by atoms with E-state index in [0.717, 1.165) is 26.7 Å². The number of thioether (sulfide) groups is 1. The minimum absolute atomic E-state index is 0.715. The molecule has 0 radical (unpaired) electrons. The van der Waals surface area contributed by atoms with E-state index >= 15 is 0 Å². The van der Waals surface area contributed by atoms with E-state index in [9.17, 15) is 4.79 Å². The van der Waals surface area contributed by atoms with Crippen LogP contribution in [-0.2, 0) is 6.54 Å². The number of carboxylic acid groups (broad SMARTS) is 1. The van der Waals surface area contributed by atoms with Gasteiger partial charge < -0.3 is 10.4 Å². The van der Waals surface area contributed by atoms with Gasteiger partial charge in [-0.3, -0.25) is 0 Å². The minimum Gasteiger partial charge on any atom is -0.463 e. The van der Waals surface area contributed by atoms with Gasteiger partial charge in [0.1, 0.15) is 0 Å². The molecule has 3 rings (SSSR count). The fraction of sp³-hybridized carbons (Fsp3) is 0.105. The van der Waals surface area contributed by atoms with Crippen LogP contribution in [0.5, 0.6) is 0 Å². The molecule has 0 spiro atoms. The average Bonchev–Trinajstić information content (AvgIpc) is 3.17. The molecule has 3 aromatic rings. The number of nitrogens with zero attached hydrogens (tertiary/aromatic N) is 3. The third-order valence-electron chi connectivity index (χ3n) is 3.69. The maximum absolute atomic E-state index is 10.9. The SMILES string of the molecule is CSC(=Nc1ccc(-c2cnn(C(=O)O)c2)cc1)NCc1ccccc1. The minimum atomic E-state index is -1.11. The number of amidine groups is 1. The van der Waals surface area contributed by atoms with Crippen LogP contribution < -0.4 is 5.32 Å². The van der Waals surface area contributed by atoms with Gasteiger partial charge in [0, 0.05) is 18.3 Å². The first-order valence-electron chi connectivity index (χ1n) is 7.94. The molecule has 2 N–H and O–H groups in total. The number of nitrogens with one attached hydrogen (secondary N) is 1. The predicted octanol–water partition coefficient (Wildman–Crippen LogP) is 4.22. The number of aliphatic imine (C=N–C) groups is 1. The van der Waals surface area contributed by atoms with Crippen molar-refractivity contribution in [1.29, 1.82) is 0 Å². The Balaban J connectivity index is 1.69. The number of benzene rings is 2. The highest BCUT2D eigenvalue weighted by atomic mass is 32.2. The smallest absolute Gasteiger partial charge is 0.432 e. The molecule has 132 valence electrons. The van der Waals surface area contributed by atoms with Crippen molar-refractivity contribution < 1.29 is 9.90 Å². The Labute approximate surface area is 155 Å². The normalized spacial score (nSPS) is 11.3. The molecule has 1 heterocycles. The predicted molar refractivity (Wildman–Crippen MR) is 105 cm³/mol. The van der Waals surface area contributed by atoms with E-state index in [4.69, 9.17) is 5.11 Å². The monoisotopic (exact) mass is 366 g/mol. The summed E-state index contributed by atoms with van der Waals surface area (Å²) in [6, 6.07) is 17.7. The maximum Gasteiger partial charge on any atom is 0.432 e. The van der Waals surface area contributed by atoms with Gasteiger partial charge in [0.2, 0.25) is 0 Å². The lowest BCUT2D eigenvalue weighted by molar-refractivity contribution is 0.192. The van der Waals surface area contributed by atoms with Gasteiger partial charge in [-0.15, -0.1) is 0 Å². The van der Waals surface area contributed by atoms with Crippen molar-refractivity contribution in [3.8, 4) is 11.1 Å². The Hall–Kier alpha value is -3.06. The Morgan fingerprint density at radius 1 is 1.15 bits per heavy atom. The van der Waals surface area contributed by atoms with Crippen molar-refractivity contribution in [1.82, 2.24) is 15.1 Å². The van der Waals surface area contributed by atoms with Crippen molar-refractivity contribution in [3.05, 3.63) is 72.6 Å². The molecule has 0 saturated carbocycles. The zero-order chi connectivity index (χ0) is 18.4. The van der Waals surface area contributed by atoms with Crippen LogP contribution in [0.1, 0.15) is 5.56 Å². The molecular formula is C19H18N4O2S. The molecule has 0 fully saturated rings. The van der Waals surface area contributed by atoms with Gasteiger partial charge >= 0.3 is 6.09 Å². The Morgan fingerprint density at radius 2 is 1.88 bits per heavy atom. The van der Waals surface area contributed by atoms with Gasteiger partial charge in [0.25, 0.3) is 0 Å². The largest absolute Gasteiger partial charge is 0.463 e. The summed E-state index contributed by atoms with van der Waals surface area (Å²) in [6.45, 7) is 0.715. The van der Waals surface area contributed by atoms with Crippen molar-refractivity contribution in [3.63, 3.8) is 0 Å². The van der Waals surface area contributed by atoms with Gasteiger partial charge in [0.05, 0.1) is 11.9 Å². The van der Waals surface area contributed by atoms with Gasteiger partial charge in [0.15, 0.2) is 5.17 Å². The van der Waals surface area contributed by atoms with Gasteiger partial charge in [-0.25, -0.2) is 9.79 Å². The van der Waals surface area contributed by atoms with Gasteiger partial charge in [-0.05, 0) is 29.5 Å². The number of aromatic nitrogens is 2. The topological polar surface area (TPSA) is 79.5 Å². The highest BCUT2D eigenvalue weighted by Gasteiger charge is 2.06. The van der Waals surface area contributed by atoms with Crippen molar-refractivity contribution in [2.24, 2.45) is 4.99 Å². The molecule has 0 aliphatic carbocycles. The second-order valence-electron chi connectivity index (χ2n) is 5.46. The third kappa shape index (κ3) is 4.52. The van der Waals surface area contributed by atoms with E-state index in [0.29, 0.717) is 6.54 Å². The fourth-order valence-corrected chi connectivity index (χ4v) is 2.77. The first-order chi connectivity index (χ1) is 12.7. The summed E-state index contributed by atoms with van der Waals surface area (Å²) in [5.41, 5.74) is 3.65. The van der Waals surface area contributed by atoms with Gasteiger partial charge in [-0.2, -0.15) is 9.78 Å². The van der Waals surface area contributed by atoms with Crippen LogP contribution in [0.25, 0.3) is 11.1 Å². The fourth-order valence-electron chi connectivity index (χ4n) is 2.35. The lowest BCUT2D eigenvalue weighted by Gasteiger charge is -2.08. The summed E-state index contributed by atoms with van der Waals surface area (Å²) in [6.07, 6.45) is 3.88. The van der Waals surface area contributed by atoms with Crippen molar-refractivity contribution >= 4 is 28.7 Å². The second kappa shape index (κ2) is 8.35. The zero-order valence-corrected chi connectivity index (χ0v) is 15.0. The van der Waals surface area contributed by atoms with Crippen LogP contribution in [0, 0.1) is 0 Å². The molecule has 1 aromatic heterocycles. The summed E-state index contributed by atoms with van der Waals surface area (Å²) >= 11 is 1.55. The zero-order valence-electron chi connectivity index (χ0n) is 14.2. The number of rotatable bonds is 4. The van der Waals surface area contributed by atoms with Gasteiger partial charge in [-0.1, -0.05) is 54.2 Å². The van der Waals surface area contributed by atoms with Crippen LogP contribution in [-0.4, -0.2) is 32.4 Å². The third-order valence-corrected chi connectivity index (χ3v) is 4.31. The van der Waals surface area contributed by atoms with Crippen molar-refractivity contribution in [2.75, 3.05) is 6.26 Å². The molecule has 0 aliphatic rings. The second-order valence-corrected chi connectivity index (χ2v) is 6.26. The van der Waals surface area contributed by atoms with E-state index < -0.39 is 6.09 Å². The first kappa shape index (κ1) is 17.8. The summed E-state index contributed by atoms with van der Waals surface area (Å²) in [7, 11) is 0. The van der Waals surface area contributed by atoms with Crippen LogP contribution in [0.2, 0.25) is 0 Å². The Kier molecular flexibility index (Phi) is 5.70. The summed E-state index contributed by atoms with van der Waals surface area (Å²) < 4.78 is 0.890. The molecular weight excluding hydrogens is 348 g/mol. The van der Waals surface area contributed by atoms with E-state index in [1.807, 2.05) is 48.7 Å². The molecule has 0 unspecified atom stereocenters. The summed E-state index contributed by atoms with van der Waals surface area (Å²) in [5, 5.41) is 16.9. The first-order valence-corrected chi connectivity index (χ1v) is 9.17. The van der Waals surface area contributed by atoms with Crippen LogP contribution in [0.3, 0.4) is 0 Å². The molecule has 0 atom stereocenters. The lowest BCUT2D eigenvalue weighted by atomic mass is 10.1. The maximum atomic E-state index is 10.9. The lowest BCUT2D eigenvalue weighted by Crippen LogP contribution is -2.19. The van der Waals surface area contributed by atoms with E-state index in [-0.39, 0.29) is 0 Å². The van der Waals surface area contributed by atoms with Crippen molar-refractivity contribution in [2.45, 2.75) is 6.54 Å². The van der Waals surface area contributed by atoms with Crippen LogP contribution in [0.4, 0.5) is 10.5 Å². The number of carbonyl (C=O) groups is 1. The van der Waals surface area contributed by atoms with Crippen LogP contribution in [0.15, 0.2) is 72.0 Å². The quantitative estimate of drug-likeness (QED) is 0.534. The van der Waals surface area contributed by atoms with E-state index in [1.165, 1.54) is 18.0 Å². The summed E-state index contributed by atoms with van der Waals surface area (Å²) in [4.78, 5) is 15.5. The number of hydrogen-bond donors (Lipinski definition) is 2. The van der Waals surface area contributed by atoms with E-state index in [1.54, 1.807) is 11.8 Å². The van der Waals surface area contributed by atoms with Crippen LogP contribution >= 0.6 is 11.8 Å². The Morgan fingerprint density at radius 3 is 2.50 bits per heavy atom. The molecule has 0 bridgehead atoms. The average molecular weight is 366 g/mol. The van der Waals surface area contributed by atoms with E-state index in [2.05, 4.69) is 27.5 Å². The molecule has 6 nitrogen and oxygen atoms in total. The molecule has 26 heavy (non-hydrogen) atoms. The number of hydrogen-bond acceptors (Lipinski definition) is 4. The molecule has 2 aromatic carbocycles. The summed E-state index contributed by atoms with van der Waals surface area (Å²) in [5.74, 6) is 0. The molecule has 0 amide bonds. The highest BCUT2D eigenvalue weighted by molar-refractivity contribution is 8.13. The standard InChI is InChI=1S/C19H18N4O2S/c1-26-18(20-11-14-5-3-2-4-6-14)22-17-9-7-15(8-10-17)16-12-21-23(13-16)19(24)25/h2-10,12-13H,11H2,1H3,(H,20,22)(H,24,25). The molecule has 7 heteroatoms. The highest BCUT2D eigenvalue weighted by Crippen LogP contribution is 2.22. The molecule has 0 saturated heterocycles. The molecule has 0 aliphatic heterocycles.